The van der Waals surface area contributed by atoms with Crippen LogP contribution in [0.3, 0.4) is 0 Å². The number of halogens is 2. The van der Waals surface area contributed by atoms with Crippen molar-refractivity contribution in [3.8, 4) is 0 Å². The molecule has 0 spiro atoms. The maximum Gasteiger partial charge on any atom is 0.329 e. The number of rotatable bonds is 10. The van der Waals surface area contributed by atoms with E-state index in [0.717, 1.165) is 17.0 Å². The first kappa shape index (κ1) is 30.5. The van der Waals surface area contributed by atoms with Crippen molar-refractivity contribution in [2.24, 2.45) is 5.73 Å². The van der Waals surface area contributed by atoms with E-state index in [2.05, 4.69) is 16.0 Å². The Kier molecular flexibility index (Phi) is 9.17. The molecule has 2 aliphatic heterocycles. The summed E-state index contributed by atoms with van der Waals surface area (Å²) in [7, 11) is 0. The lowest BCUT2D eigenvalue weighted by Gasteiger charge is -2.55. The van der Waals surface area contributed by atoms with E-state index in [0.29, 0.717) is 11.6 Å². The minimum Gasteiger partial charge on any atom is -0.480 e. The number of carbonyl (C=O) groups excluding carboxylic acids is 3. The fourth-order valence-corrected chi connectivity index (χ4v) is 5.84. The average molecular weight is 586 g/mol. The predicted octanol–water partition coefficient (Wildman–Crippen LogP) is -0.0304. The van der Waals surface area contributed by atoms with Gasteiger partial charge in [0.15, 0.2) is 6.04 Å². The molecule has 2 aromatic carbocycles. The van der Waals surface area contributed by atoms with Gasteiger partial charge in [0.2, 0.25) is 11.8 Å². The van der Waals surface area contributed by atoms with Crippen molar-refractivity contribution in [1.29, 1.82) is 5.41 Å². The van der Waals surface area contributed by atoms with E-state index in [1.54, 1.807) is 6.92 Å². The maximum atomic E-state index is 15.9. The minimum absolute atomic E-state index is 0.00461. The number of nitrogen functional groups attached to an aromatic ring is 1. The van der Waals surface area contributed by atoms with E-state index in [-0.39, 0.29) is 62.7 Å². The average Bonchev–Trinajstić information content (AvgIpc) is 2.96. The molecule has 14 heteroatoms. The standard InChI is InChI=1S/C28H33F2N7O5/c1-2-21(35-26(40)17-5-3-16(4-6-17)25(31)32)28(37-12-10-34-15-23(37)39,19-8-7-18(29)13-20(19)30)24(27(41)42)36-11-9-33-14-22(36)38/h3-8,13,21,24,33-34H,2,9-12,14-15H2,1H3,(H3,31,32)(H,35,40)(H,41,42). The van der Waals surface area contributed by atoms with Gasteiger partial charge in [-0.3, -0.25) is 19.8 Å². The number of hydrogen-bond acceptors (Lipinski definition) is 7. The number of carboxylic acids is 1. The molecule has 2 saturated heterocycles. The van der Waals surface area contributed by atoms with Gasteiger partial charge in [-0.05, 0) is 24.6 Å². The number of benzene rings is 2. The zero-order valence-electron chi connectivity index (χ0n) is 23.0. The molecule has 3 unspecified atom stereocenters. The molecule has 224 valence electrons. The molecule has 0 radical (unpaired) electrons. The lowest BCUT2D eigenvalue weighted by molar-refractivity contribution is -0.167. The van der Waals surface area contributed by atoms with Crippen LogP contribution in [0, 0.1) is 17.0 Å². The number of aliphatic carboxylic acids is 1. The van der Waals surface area contributed by atoms with Gasteiger partial charge in [-0.15, -0.1) is 0 Å². The highest BCUT2D eigenvalue weighted by Crippen LogP contribution is 2.42. The van der Waals surface area contributed by atoms with Crippen LogP contribution in [0.5, 0.6) is 0 Å². The summed E-state index contributed by atoms with van der Waals surface area (Å²) in [6.45, 7) is 1.53. The zero-order valence-corrected chi connectivity index (χ0v) is 23.0. The Balaban J connectivity index is 1.98. The number of nitrogens with zero attached hydrogens (tertiary/aromatic N) is 2. The Morgan fingerprint density at radius 1 is 1.05 bits per heavy atom. The molecule has 7 N–H and O–H groups in total. The number of carboxylic acid groups (broad SMARTS) is 1. The lowest BCUT2D eigenvalue weighted by Crippen LogP contribution is -2.75. The fourth-order valence-electron chi connectivity index (χ4n) is 5.84. The highest BCUT2D eigenvalue weighted by atomic mass is 19.1. The quantitative estimate of drug-likeness (QED) is 0.166. The first-order valence-corrected chi connectivity index (χ1v) is 13.5. The summed E-state index contributed by atoms with van der Waals surface area (Å²) < 4.78 is 30.2. The number of amides is 3. The van der Waals surface area contributed by atoms with Gasteiger partial charge < -0.3 is 36.6 Å². The zero-order chi connectivity index (χ0) is 30.6. The van der Waals surface area contributed by atoms with Crippen LogP contribution in [0.15, 0.2) is 42.5 Å². The monoisotopic (exact) mass is 585 g/mol. The van der Waals surface area contributed by atoms with Gasteiger partial charge in [0.05, 0.1) is 19.1 Å². The Bertz CT molecular complexity index is 1390. The van der Waals surface area contributed by atoms with Crippen molar-refractivity contribution in [2.75, 3.05) is 39.3 Å². The molecule has 3 atom stereocenters. The molecule has 2 aliphatic rings. The van der Waals surface area contributed by atoms with Crippen molar-refractivity contribution >= 4 is 29.5 Å². The van der Waals surface area contributed by atoms with Crippen LogP contribution in [0.1, 0.15) is 34.8 Å². The summed E-state index contributed by atoms with van der Waals surface area (Å²) in [6.07, 6.45) is -0.00461. The molecule has 0 saturated carbocycles. The second-order valence-corrected chi connectivity index (χ2v) is 10.1. The second kappa shape index (κ2) is 12.6. The number of hydrogen-bond donors (Lipinski definition) is 6. The first-order chi connectivity index (χ1) is 20.0. The maximum absolute atomic E-state index is 15.9. The third-order valence-corrected chi connectivity index (χ3v) is 7.69. The van der Waals surface area contributed by atoms with E-state index < -0.39 is 52.9 Å². The smallest absolute Gasteiger partial charge is 0.329 e. The van der Waals surface area contributed by atoms with Crippen LogP contribution in [0.25, 0.3) is 0 Å². The van der Waals surface area contributed by atoms with Crippen LogP contribution >= 0.6 is 0 Å². The Labute approximate surface area is 240 Å². The van der Waals surface area contributed by atoms with Crippen molar-refractivity contribution in [3.63, 3.8) is 0 Å². The third kappa shape index (κ3) is 5.67. The summed E-state index contributed by atoms with van der Waals surface area (Å²) in [5.74, 6) is -5.65. The van der Waals surface area contributed by atoms with E-state index in [4.69, 9.17) is 11.1 Å². The summed E-state index contributed by atoms with van der Waals surface area (Å²) >= 11 is 0. The molecule has 2 heterocycles. The molecular formula is C28H33F2N7O5. The van der Waals surface area contributed by atoms with Gasteiger partial charge in [-0.25, -0.2) is 13.6 Å². The van der Waals surface area contributed by atoms with E-state index in [1.165, 1.54) is 29.2 Å². The summed E-state index contributed by atoms with van der Waals surface area (Å²) in [5, 5.41) is 26.9. The lowest BCUT2D eigenvalue weighted by atomic mass is 9.72. The van der Waals surface area contributed by atoms with Gasteiger partial charge in [0, 0.05) is 48.9 Å². The molecule has 3 amide bonds. The molecule has 2 fully saturated rings. The first-order valence-electron chi connectivity index (χ1n) is 13.5. The Morgan fingerprint density at radius 2 is 1.67 bits per heavy atom. The Hall–Kier alpha value is -4.43. The van der Waals surface area contributed by atoms with Gasteiger partial charge >= 0.3 is 5.97 Å². The molecule has 12 nitrogen and oxygen atoms in total. The largest absolute Gasteiger partial charge is 0.480 e. The highest BCUT2D eigenvalue weighted by molar-refractivity contribution is 5.98. The summed E-state index contributed by atoms with van der Waals surface area (Å²) in [5.41, 5.74) is 3.47. The minimum atomic E-state index is -2.19. The van der Waals surface area contributed by atoms with Crippen molar-refractivity contribution < 1.29 is 33.1 Å². The molecule has 42 heavy (non-hydrogen) atoms. The van der Waals surface area contributed by atoms with Gasteiger partial charge in [-0.1, -0.05) is 25.1 Å². The summed E-state index contributed by atoms with van der Waals surface area (Å²) in [4.78, 5) is 55.9. The number of nitrogens with one attached hydrogen (secondary N) is 4. The van der Waals surface area contributed by atoms with Gasteiger partial charge in [0.25, 0.3) is 5.91 Å². The van der Waals surface area contributed by atoms with Crippen molar-refractivity contribution in [2.45, 2.75) is 31.0 Å². The fraction of sp³-hybridized carbons (Fsp3) is 0.393. The Morgan fingerprint density at radius 3 is 2.21 bits per heavy atom. The molecular weight excluding hydrogens is 552 g/mol. The predicted molar refractivity (Wildman–Crippen MR) is 148 cm³/mol. The van der Waals surface area contributed by atoms with E-state index >= 15 is 4.39 Å². The van der Waals surface area contributed by atoms with Crippen LogP contribution in [0.4, 0.5) is 8.78 Å². The number of piperazine rings is 2. The highest BCUT2D eigenvalue weighted by Gasteiger charge is 2.60. The third-order valence-electron chi connectivity index (χ3n) is 7.69. The number of nitrogens with two attached hydrogens (primary N) is 1. The van der Waals surface area contributed by atoms with Crippen LogP contribution in [-0.4, -0.2) is 95.8 Å². The van der Waals surface area contributed by atoms with Crippen molar-refractivity contribution in [3.05, 3.63) is 70.8 Å². The van der Waals surface area contributed by atoms with Crippen LogP contribution in [0.2, 0.25) is 0 Å². The number of amidine groups is 1. The van der Waals surface area contributed by atoms with E-state index in [1.807, 2.05) is 0 Å². The molecule has 2 aromatic rings. The molecule has 0 aromatic heterocycles. The normalized spacial score (nSPS) is 18.6. The second-order valence-electron chi connectivity index (χ2n) is 10.1. The summed E-state index contributed by atoms with van der Waals surface area (Å²) in [6, 6.07) is 5.24. The SMILES string of the molecule is CCC(NC(=O)c1ccc(C(=N)N)cc1)C(c1ccc(F)cc1F)(C(C(=O)O)N1CCNCC1=O)N1CCNCC1=O. The van der Waals surface area contributed by atoms with Crippen LogP contribution in [-0.2, 0) is 19.9 Å². The van der Waals surface area contributed by atoms with Crippen molar-refractivity contribution in [1.82, 2.24) is 25.8 Å². The molecule has 0 bridgehead atoms. The van der Waals surface area contributed by atoms with Gasteiger partial charge in [0.1, 0.15) is 23.0 Å². The van der Waals surface area contributed by atoms with Gasteiger partial charge in [-0.2, -0.15) is 0 Å². The van der Waals surface area contributed by atoms with E-state index in [9.17, 15) is 28.7 Å². The molecule has 0 aliphatic carbocycles. The van der Waals surface area contributed by atoms with Crippen LogP contribution < -0.4 is 21.7 Å². The topological polar surface area (TPSA) is 181 Å². The number of carbonyl (C=O) groups is 4. The molecule has 4 rings (SSSR count).